The standard InChI is InChI=1S/C22H35NO2/c1-10-19(24)23-13-16-11-17(21(6,7)14(2)3)20(25)18(12-16)22(8,9)15(4)5/h10-12,14-15,25H,1,13H2,2-9H3,(H,23,24). The molecule has 1 amide bonds. The Morgan fingerprint density at radius 2 is 1.48 bits per heavy atom. The van der Waals surface area contributed by atoms with Crippen LogP contribution >= 0.6 is 0 Å². The Balaban J connectivity index is 3.56. The zero-order valence-corrected chi connectivity index (χ0v) is 17.2. The van der Waals surface area contributed by atoms with Crippen LogP contribution in [0.2, 0.25) is 0 Å². The topological polar surface area (TPSA) is 49.3 Å². The highest BCUT2D eigenvalue weighted by Gasteiger charge is 2.34. The number of phenolic OH excluding ortho intramolecular Hbond substituents is 1. The largest absolute Gasteiger partial charge is 0.507 e. The Morgan fingerprint density at radius 3 is 1.80 bits per heavy atom. The van der Waals surface area contributed by atoms with Crippen molar-refractivity contribution in [2.45, 2.75) is 72.8 Å². The van der Waals surface area contributed by atoms with Gasteiger partial charge in [-0.1, -0.05) is 62.0 Å². The van der Waals surface area contributed by atoms with Gasteiger partial charge in [0.15, 0.2) is 0 Å². The van der Waals surface area contributed by atoms with Crippen molar-refractivity contribution in [1.82, 2.24) is 5.32 Å². The van der Waals surface area contributed by atoms with Crippen LogP contribution in [0, 0.1) is 11.8 Å². The third kappa shape index (κ3) is 4.45. The first-order valence-electron chi connectivity index (χ1n) is 9.12. The molecule has 1 aromatic rings. The van der Waals surface area contributed by atoms with Crippen LogP contribution in [0.4, 0.5) is 0 Å². The van der Waals surface area contributed by atoms with Gasteiger partial charge in [-0.3, -0.25) is 4.79 Å². The Morgan fingerprint density at radius 1 is 1.08 bits per heavy atom. The van der Waals surface area contributed by atoms with E-state index in [1.807, 2.05) is 12.1 Å². The van der Waals surface area contributed by atoms with Crippen molar-refractivity contribution >= 4 is 5.91 Å². The molecule has 140 valence electrons. The van der Waals surface area contributed by atoms with Crippen LogP contribution in [0.15, 0.2) is 24.8 Å². The van der Waals surface area contributed by atoms with Crippen LogP contribution in [0.25, 0.3) is 0 Å². The number of carbonyl (C=O) groups is 1. The van der Waals surface area contributed by atoms with E-state index in [4.69, 9.17) is 0 Å². The van der Waals surface area contributed by atoms with Crippen LogP contribution in [-0.4, -0.2) is 11.0 Å². The fraction of sp³-hybridized carbons (Fsp3) is 0.591. The van der Waals surface area contributed by atoms with Gasteiger partial charge in [0.1, 0.15) is 5.75 Å². The van der Waals surface area contributed by atoms with Gasteiger partial charge in [-0.05, 0) is 46.4 Å². The zero-order valence-electron chi connectivity index (χ0n) is 17.2. The molecule has 0 unspecified atom stereocenters. The molecule has 1 rings (SSSR count). The van der Waals surface area contributed by atoms with Gasteiger partial charge in [0.25, 0.3) is 0 Å². The molecule has 0 fully saturated rings. The van der Waals surface area contributed by atoms with E-state index < -0.39 is 0 Å². The van der Waals surface area contributed by atoms with Crippen LogP contribution in [0.3, 0.4) is 0 Å². The fourth-order valence-corrected chi connectivity index (χ4v) is 2.66. The SMILES string of the molecule is C=CC(=O)NCc1cc(C(C)(C)C(C)C)c(O)c(C(C)(C)C(C)C)c1. The number of rotatable bonds is 7. The van der Waals surface area contributed by atoms with Gasteiger partial charge in [-0.15, -0.1) is 0 Å². The number of phenols is 1. The fourth-order valence-electron chi connectivity index (χ4n) is 2.66. The molecule has 0 radical (unpaired) electrons. The van der Waals surface area contributed by atoms with Crippen molar-refractivity contribution in [2.75, 3.05) is 0 Å². The molecular weight excluding hydrogens is 310 g/mol. The summed E-state index contributed by atoms with van der Waals surface area (Å²) in [6.07, 6.45) is 1.28. The van der Waals surface area contributed by atoms with Crippen LogP contribution in [0.1, 0.15) is 72.1 Å². The maximum absolute atomic E-state index is 11.6. The van der Waals surface area contributed by atoms with Crippen molar-refractivity contribution in [3.8, 4) is 5.75 Å². The highest BCUT2D eigenvalue weighted by molar-refractivity contribution is 5.86. The molecule has 3 heteroatoms. The van der Waals surface area contributed by atoms with E-state index in [1.54, 1.807) is 0 Å². The van der Waals surface area contributed by atoms with Gasteiger partial charge in [0.05, 0.1) is 0 Å². The molecule has 0 saturated heterocycles. The van der Waals surface area contributed by atoms with Crippen LogP contribution in [-0.2, 0) is 22.2 Å². The minimum atomic E-state index is -0.192. The van der Waals surface area contributed by atoms with E-state index in [2.05, 4.69) is 67.3 Å². The molecule has 3 nitrogen and oxygen atoms in total. The maximum Gasteiger partial charge on any atom is 0.243 e. The predicted molar refractivity (Wildman–Crippen MR) is 106 cm³/mol. The molecule has 0 heterocycles. The normalized spacial score (nSPS) is 12.6. The van der Waals surface area contributed by atoms with Gasteiger partial charge >= 0.3 is 0 Å². The van der Waals surface area contributed by atoms with Crippen molar-refractivity contribution < 1.29 is 9.90 Å². The average molecular weight is 346 g/mol. The number of carbonyl (C=O) groups excluding carboxylic acids is 1. The lowest BCUT2D eigenvalue weighted by atomic mass is 9.69. The van der Waals surface area contributed by atoms with E-state index >= 15 is 0 Å². The number of amides is 1. The quantitative estimate of drug-likeness (QED) is 0.679. The Hall–Kier alpha value is -1.77. The third-order valence-electron chi connectivity index (χ3n) is 6.10. The van der Waals surface area contributed by atoms with E-state index in [0.29, 0.717) is 24.1 Å². The van der Waals surface area contributed by atoms with Crippen molar-refractivity contribution in [3.05, 3.63) is 41.5 Å². The number of hydrogen-bond donors (Lipinski definition) is 2. The second-order valence-electron chi connectivity index (χ2n) is 8.71. The molecule has 2 N–H and O–H groups in total. The minimum absolute atomic E-state index is 0.176. The van der Waals surface area contributed by atoms with Gasteiger partial charge < -0.3 is 10.4 Å². The van der Waals surface area contributed by atoms with Gasteiger partial charge in [-0.25, -0.2) is 0 Å². The lowest BCUT2D eigenvalue weighted by Gasteiger charge is -2.36. The monoisotopic (exact) mass is 345 g/mol. The summed E-state index contributed by atoms with van der Waals surface area (Å²) in [5.41, 5.74) is 2.53. The lowest BCUT2D eigenvalue weighted by Crippen LogP contribution is -2.29. The number of nitrogens with one attached hydrogen (secondary N) is 1. The minimum Gasteiger partial charge on any atom is -0.507 e. The molecule has 0 aliphatic rings. The van der Waals surface area contributed by atoms with Crippen molar-refractivity contribution in [3.63, 3.8) is 0 Å². The van der Waals surface area contributed by atoms with Gasteiger partial charge in [0, 0.05) is 17.7 Å². The summed E-state index contributed by atoms with van der Waals surface area (Å²) in [6, 6.07) is 4.05. The molecular formula is C22H35NO2. The Bertz CT molecular complexity index is 598. The smallest absolute Gasteiger partial charge is 0.243 e. The van der Waals surface area contributed by atoms with Crippen molar-refractivity contribution in [1.29, 1.82) is 0 Å². The van der Waals surface area contributed by atoms with Crippen LogP contribution < -0.4 is 5.32 Å². The molecule has 0 spiro atoms. The molecule has 0 aromatic heterocycles. The van der Waals surface area contributed by atoms with E-state index in [0.717, 1.165) is 16.7 Å². The summed E-state index contributed by atoms with van der Waals surface area (Å²) in [5, 5.41) is 13.9. The van der Waals surface area contributed by atoms with Gasteiger partial charge in [-0.2, -0.15) is 0 Å². The summed E-state index contributed by atoms with van der Waals surface area (Å²) in [7, 11) is 0. The molecule has 0 aliphatic heterocycles. The number of aromatic hydroxyl groups is 1. The molecule has 0 saturated carbocycles. The maximum atomic E-state index is 11.6. The molecule has 0 bridgehead atoms. The highest BCUT2D eigenvalue weighted by atomic mass is 16.3. The van der Waals surface area contributed by atoms with E-state index in [1.165, 1.54) is 6.08 Å². The predicted octanol–water partition coefficient (Wildman–Crippen LogP) is 5.06. The first-order chi connectivity index (χ1) is 11.4. The summed E-state index contributed by atoms with van der Waals surface area (Å²) < 4.78 is 0. The molecule has 1 aromatic carbocycles. The second kappa shape index (κ2) is 7.63. The summed E-state index contributed by atoms with van der Waals surface area (Å²) in [6.45, 7) is 21.2. The Kier molecular flexibility index (Phi) is 6.50. The Labute approximate surface area is 153 Å². The average Bonchev–Trinajstić information content (AvgIpc) is 2.52. The first kappa shape index (κ1) is 21.3. The number of benzene rings is 1. The van der Waals surface area contributed by atoms with Crippen molar-refractivity contribution in [2.24, 2.45) is 11.8 Å². The summed E-state index contributed by atoms with van der Waals surface area (Å²) in [5.74, 6) is 0.927. The summed E-state index contributed by atoms with van der Waals surface area (Å²) in [4.78, 5) is 11.6. The number of hydrogen-bond acceptors (Lipinski definition) is 2. The molecule has 0 aliphatic carbocycles. The van der Waals surface area contributed by atoms with Crippen LogP contribution in [0.5, 0.6) is 5.75 Å². The third-order valence-corrected chi connectivity index (χ3v) is 6.10. The first-order valence-corrected chi connectivity index (χ1v) is 9.12. The van der Waals surface area contributed by atoms with Gasteiger partial charge in [0.2, 0.25) is 5.91 Å². The molecule has 25 heavy (non-hydrogen) atoms. The summed E-state index contributed by atoms with van der Waals surface area (Å²) >= 11 is 0. The molecule has 0 atom stereocenters. The van der Waals surface area contributed by atoms with E-state index in [-0.39, 0.29) is 16.7 Å². The zero-order chi connectivity index (χ0) is 19.6. The second-order valence-corrected chi connectivity index (χ2v) is 8.71. The highest BCUT2D eigenvalue weighted by Crippen LogP contribution is 2.45. The lowest BCUT2D eigenvalue weighted by molar-refractivity contribution is -0.116. The van der Waals surface area contributed by atoms with E-state index in [9.17, 15) is 9.90 Å².